The maximum absolute atomic E-state index is 12.8. The summed E-state index contributed by atoms with van der Waals surface area (Å²) in [7, 11) is 1.80. The molecule has 0 bridgehead atoms. The van der Waals surface area contributed by atoms with E-state index in [0.29, 0.717) is 12.1 Å². The number of nitrogens with one attached hydrogen (secondary N) is 1. The molecule has 4 rings (SSSR count). The Bertz CT molecular complexity index is 834. The van der Waals surface area contributed by atoms with Gasteiger partial charge in [-0.2, -0.15) is 0 Å². The van der Waals surface area contributed by atoms with Crippen molar-refractivity contribution >= 4 is 23.2 Å². The average Bonchev–Trinajstić information content (AvgIpc) is 2.68. The number of rotatable bonds is 3. The summed E-state index contributed by atoms with van der Waals surface area (Å²) >= 11 is 0. The molecule has 0 aliphatic carbocycles. The largest absolute Gasteiger partial charge is 0.358 e. The maximum Gasteiger partial charge on any atom is 0.253 e. The van der Waals surface area contributed by atoms with Crippen molar-refractivity contribution < 1.29 is 9.59 Å². The van der Waals surface area contributed by atoms with Crippen molar-refractivity contribution in [2.24, 2.45) is 0 Å². The Morgan fingerprint density at radius 2 is 2.00 bits per heavy atom. The summed E-state index contributed by atoms with van der Waals surface area (Å²) in [4.78, 5) is 29.1. The lowest BCUT2D eigenvalue weighted by Crippen LogP contribution is -2.50. The fourth-order valence-electron chi connectivity index (χ4n) is 3.88. The number of anilines is 2. The molecule has 134 valence electrons. The van der Waals surface area contributed by atoms with Crippen LogP contribution in [0.5, 0.6) is 0 Å². The van der Waals surface area contributed by atoms with Crippen LogP contribution in [0.2, 0.25) is 0 Å². The molecule has 2 amide bonds. The van der Waals surface area contributed by atoms with E-state index < -0.39 is 0 Å². The zero-order chi connectivity index (χ0) is 18.1. The van der Waals surface area contributed by atoms with E-state index in [-0.39, 0.29) is 17.9 Å². The van der Waals surface area contributed by atoms with Crippen molar-refractivity contribution in [2.45, 2.75) is 31.8 Å². The molecule has 1 fully saturated rings. The van der Waals surface area contributed by atoms with Gasteiger partial charge in [0.1, 0.15) is 6.04 Å². The molecule has 5 heteroatoms. The number of carbonyl (C=O) groups excluding carboxylic acids is 2. The van der Waals surface area contributed by atoms with Crippen molar-refractivity contribution in [3.05, 3.63) is 59.7 Å². The standard InChI is InChI=1S/C21H23N3O2/c1-23(14-15-7-3-2-4-8-15)21(26)16-10-11-18-17(13-16)22-20(25)19-9-5-6-12-24(18)19/h2-4,7-8,10-11,13,19H,5-6,9,12,14H2,1H3,(H,22,25)/t19-/m1/s1. The highest BCUT2D eigenvalue weighted by Crippen LogP contribution is 2.36. The van der Waals surface area contributed by atoms with E-state index in [1.165, 1.54) is 0 Å². The van der Waals surface area contributed by atoms with E-state index in [9.17, 15) is 9.59 Å². The topological polar surface area (TPSA) is 52.7 Å². The molecule has 2 aliphatic heterocycles. The van der Waals surface area contributed by atoms with Gasteiger partial charge in [0.05, 0.1) is 11.4 Å². The number of piperidine rings is 1. The Kier molecular flexibility index (Phi) is 4.37. The second-order valence-electron chi connectivity index (χ2n) is 7.07. The van der Waals surface area contributed by atoms with Gasteiger partial charge in [0, 0.05) is 25.7 Å². The van der Waals surface area contributed by atoms with Crippen molar-refractivity contribution in [3.8, 4) is 0 Å². The molecule has 1 atom stereocenters. The van der Waals surface area contributed by atoms with Crippen molar-refractivity contribution in [3.63, 3.8) is 0 Å². The molecule has 2 aromatic carbocycles. The predicted molar refractivity (Wildman–Crippen MR) is 102 cm³/mol. The number of fused-ring (bicyclic) bond motifs is 3. The number of benzene rings is 2. The lowest BCUT2D eigenvalue weighted by atomic mass is 9.96. The second-order valence-corrected chi connectivity index (χ2v) is 7.07. The number of carbonyl (C=O) groups is 2. The van der Waals surface area contributed by atoms with Gasteiger partial charge in [0.25, 0.3) is 5.91 Å². The number of nitrogens with zero attached hydrogens (tertiary/aromatic N) is 2. The zero-order valence-corrected chi connectivity index (χ0v) is 14.9. The van der Waals surface area contributed by atoms with Gasteiger partial charge in [0.2, 0.25) is 5.91 Å². The van der Waals surface area contributed by atoms with Crippen LogP contribution in [0.1, 0.15) is 35.2 Å². The molecule has 0 radical (unpaired) electrons. The summed E-state index contributed by atoms with van der Waals surface area (Å²) in [6, 6.07) is 15.5. The summed E-state index contributed by atoms with van der Waals surface area (Å²) in [6.45, 7) is 1.45. The summed E-state index contributed by atoms with van der Waals surface area (Å²) in [5.74, 6) is -0.00823. The maximum atomic E-state index is 12.8. The van der Waals surface area contributed by atoms with Crippen LogP contribution in [0.15, 0.2) is 48.5 Å². The van der Waals surface area contributed by atoms with E-state index in [4.69, 9.17) is 0 Å². The van der Waals surface area contributed by atoms with Crippen molar-refractivity contribution in [1.82, 2.24) is 4.90 Å². The van der Waals surface area contributed by atoms with Gasteiger partial charge in [-0.3, -0.25) is 9.59 Å². The quantitative estimate of drug-likeness (QED) is 0.925. The molecule has 0 aromatic heterocycles. The van der Waals surface area contributed by atoms with E-state index in [0.717, 1.165) is 42.7 Å². The summed E-state index contributed by atoms with van der Waals surface area (Å²) in [6.07, 6.45) is 3.08. The number of amides is 2. The fourth-order valence-corrected chi connectivity index (χ4v) is 3.88. The molecule has 5 nitrogen and oxygen atoms in total. The Balaban J connectivity index is 1.56. The molecular weight excluding hydrogens is 326 g/mol. The molecule has 1 saturated heterocycles. The van der Waals surface area contributed by atoms with Gasteiger partial charge in [-0.25, -0.2) is 0 Å². The van der Waals surface area contributed by atoms with E-state index >= 15 is 0 Å². The number of hydrogen-bond acceptors (Lipinski definition) is 3. The first kappa shape index (κ1) is 16.6. The molecule has 2 aliphatic rings. The third kappa shape index (κ3) is 3.05. The van der Waals surface area contributed by atoms with Crippen LogP contribution in [0.3, 0.4) is 0 Å². The molecule has 2 aromatic rings. The van der Waals surface area contributed by atoms with Gasteiger partial charge < -0.3 is 15.1 Å². The van der Waals surface area contributed by atoms with Crippen molar-refractivity contribution in [2.75, 3.05) is 23.8 Å². The predicted octanol–water partition coefficient (Wildman–Crippen LogP) is 3.27. The molecule has 26 heavy (non-hydrogen) atoms. The SMILES string of the molecule is CN(Cc1ccccc1)C(=O)c1ccc2c(c1)NC(=O)[C@H]1CCCCN21. The zero-order valence-electron chi connectivity index (χ0n) is 14.9. The molecule has 0 spiro atoms. The van der Waals surface area contributed by atoms with E-state index in [2.05, 4.69) is 10.2 Å². The van der Waals surface area contributed by atoms with Crippen LogP contribution in [-0.4, -0.2) is 36.3 Å². The van der Waals surface area contributed by atoms with Crippen LogP contribution < -0.4 is 10.2 Å². The minimum atomic E-state index is -0.0708. The van der Waals surface area contributed by atoms with Crippen LogP contribution in [0.4, 0.5) is 11.4 Å². The lowest BCUT2D eigenvalue weighted by molar-refractivity contribution is -0.118. The minimum Gasteiger partial charge on any atom is -0.358 e. The normalized spacial score (nSPS) is 18.6. The fraction of sp³-hybridized carbons (Fsp3) is 0.333. The van der Waals surface area contributed by atoms with Crippen LogP contribution >= 0.6 is 0 Å². The van der Waals surface area contributed by atoms with Crippen LogP contribution in [-0.2, 0) is 11.3 Å². The first-order valence-corrected chi connectivity index (χ1v) is 9.14. The molecular formula is C21H23N3O2. The van der Waals surface area contributed by atoms with Crippen LogP contribution in [0, 0.1) is 0 Å². The molecule has 1 N–H and O–H groups in total. The van der Waals surface area contributed by atoms with Crippen LogP contribution in [0.25, 0.3) is 0 Å². The Morgan fingerprint density at radius 3 is 2.81 bits per heavy atom. The van der Waals surface area contributed by atoms with E-state index in [1.54, 1.807) is 11.9 Å². The van der Waals surface area contributed by atoms with Gasteiger partial charge in [-0.1, -0.05) is 30.3 Å². The molecule has 0 saturated carbocycles. The highest BCUT2D eigenvalue weighted by Gasteiger charge is 2.34. The smallest absolute Gasteiger partial charge is 0.253 e. The molecule has 0 unspecified atom stereocenters. The highest BCUT2D eigenvalue weighted by molar-refractivity contribution is 6.05. The third-order valence-electron chi connectivity index (χ3n) is 5.23. The second kappa shape index (κ2) is 6.83. The monoisotopic (exact) mass is 349 g/mol. The number of hydrogen-bond donors (Lipinski definition) is 1. The third-order valence-corrected chi connectivity index (χ3v) is 5.23. The van der Waals surface area contributed by atoms with Gasteiger partial charge in [0.15, 0.2) is 0 Å². The highest BCUT2D eigenvalue weighted by atomic mass is 16.2. The Hall–Kier alpha value is -2.82. The Morgan fingerprint density at radius 1 is 1.19 bits per heavy atom. The summed E-state index contributed by atoms with van der Waals surface area (Å²) in [5, 5.41) is 2.99. The lowest BCUT2D eigenvalue weighted by Gasteiger charge is -2.41. The minimum absolute atomic E-state index is 0.0411. The molecule has 2 heterocycles. The van der Waals surface area contributed by atoms with Gasteiger partial charge >= 0.3 is 0 Å². The first-order valence-electron chi connectivity index (χ1n) is 9.14. The summed E-state index contributed by atoms with van der Waals surface area (Å²) in [5.41, 5.74) is 3.45. The first-order chi connectivity index (χ1) is 12.6. The average molecular weight is 349 g/mol. The summed E-state index contributed by atoms with van der Waals surface area (Å²) < 4.78 is 0. The van der Waals surface area contributed by atoms with Crippen molar-refractivity contribution in [1.29, 1.82) is 0 Å². The van der Waals surface area contributed by atoms with Gasteiger partial charge in [-0.15, -0.1) is 0 Å². The van der Waals surface area contributed by atoms with Gasteiger partial charge in [-0.05, 0) is 43.0 Å². The van der Waals surface area contributed by atoms with E-state index in [1.807, 2.05) is 48.5 Å². The Labute approximate surface area is 153 Å².